The van der Waals surface area contributed by atoms with Crippen LogP contribution < -0.4 is 10.6 Å². The Morgan fingerprint density at radius 2 is 1.85 bits per heavy atom. The second kappa shape index (κ2) is 8.51. The molecule has 7 heteroatoms. The van der Waals surface area contributed by atoms with Crippen LogP contribution in [0.1, 0.15) is 23.7 Å². The first-order valence-corrected chi connectivity index (χ1v) is 7.11. The third-order valence-corrected chi connectivity index (χ3v) is 2.92. The van der Waals surface area contributed by atoms with Gasteiger partial charge in [-0.05, 0) is 53.3 Å². The smallest absolute Gasteiger partial charge is 0.338 e. The van der Waals surface area contributed by atoms with Crippen LogP contribution in [0.15, 0.2) is 24.3 Å². The first-order chi connectivity index (χ1) is 9.52. The molecule has 0 bridgehead atoms. The molecule has 0 aliphatic heterocycles. The van der Waals surface area contributed by atoms with Gasteiger partial charge in [-0.1, -0.05) is 6.92 Å². The van der Waals surface area contributed by atoms with Crippen molar-refractivity contribution in [3.63, 3.8) is 0 Å². The number of carbonyl (C=O) groups is 3. The summed E-state index contributed by atoms with van der Waals surface area (Å²) in [7, 11) is 0. The van der Waals surface area contributed by atoms with Crippen molar-refractivity contribution in [2.45, 2.75) is 13.3 Å². The van der Waals surface area contributed by atoms with Crippen molar-refractivity contribution in [2.75, 3.05) is 13.2 Å². The van der Waals surface area contributed by atoms with Gasteiger partial charge in [0.05, 0.1) is 5.56 Å². The quantitative estimate of drug-likeness (QED) is 0.592. The predicted octanol–water partition coefficient (Wildman–Crippen LogP) is 1.68. The Morgan fingerprint density at radius 1 is 1.20 bits per heavy atom. The second-order valence-corrected chi connectivity index (χ2v) is 5.13. The molecule has 0 spiro atoms. The van der Waals surface area contributed by atoms with Crippen LogP contribution in [0.25, 0.3) is 0 Å². The fraction of sp³-hybridized carbons (Fsp3) is 0.308. The lowest BCUT2D eigenvalue weighted by Gasteiger charge is -2.06. The van der Waals surface area contributed by atoms with Crippen molar-refractivity contribution in [3.8, 4) is 0 Å². The molecule has 0 atom stereocenters. The van der Waals surface area contributed by atoms with Crippen LogP contribution in [0.4, 0.5) is 4.79 Å². The third kappa shape index (κ3) is 6.00. The van der Waals surface area contributed by atoms with E-state index in [1.54, 1.807) is 24.3 Å². The van der Waals surface area contributed by atoms with Gasteiger partial charge in [0.15, 0.2) is 6.61 Å². The number of nitrogens with one attached hydrogen (secondary N) is 2. The highest BCUT2D eigenvalue weighted by molar-refractivity contribution is 14.1. The Hall–Kier alpha value is -1.64. The maximum Gasteiger partial charge on any atom is 0.338 e. The molecule has 0 unspecified atom stereocenters. The fourth-order valence-corrected chi connectivity index (χ4v) is 1.61. The summed E-state index contributed by atoms with van der Waals surface area (Å²) in [6.07, 6.45) is 0.767. The molecule has 0 fully saturated rings. The van der Waals surface area contributed by atoms with Crippen LogP contribution in [0, 0.1) is 3.57 Å². The summed E-state index contributed by atoms with van der Waals surface area (Å²) < 4.78 is 5.79. The number of urea groups is 1. The zero-order valence-electron chi connectivity index (χ0n) is 10.9. The Balaban J connectivity index is 2.35. The van der Waals surface area contributed by atoms with Gasteiger partial charge in [-0.15, -0.1) is 0 Å². The fourth-order valence-electron chi connectivity index (χ4n) is 1.25. The Kier molecular flexibility index (Phi) is 6.99. The number of imide groups is 1. The van der Waals surface area contributed by atoms with Crippen molar-refractivity contribution < 1.29 is 19.1 Å². The molecule has 0 saturated carbocycles. The molecule has 20 heavy (non-hydrogen) atoms. The molecule has 0 radical (unpaired) electrons. The SMILES string of the molecule is CCCNC(=O)NC(=O)COC(=O)c1ccc(I)cc1. The lowest BCUT2D eigenvalue weighted by atomic mass is 10.2. The number of amides is 3. The molecule has 6 nitrogen and oxygen atoms in total. The Bertz CT molecular complexity index is 488. The standard InChI is InChI=1S/C13H15IN2O4/c1-2-7-15-13(19)16-11(17)8-20-12(18)9-3-5-10(14)6-4-9/h3-6H,2,7-8H2,1H3,(H2,15,16,17,19). The monoisotopic (exact) mass is 390 g/mol. The number of halogens is 1. The number of ether oxygens (including phenoxy) is 1. The van der Waals surface area contributed by atoms with E-state index in [2.05, 4.69) is 33.2 Å². The van der Waals surface area contributed by atoms with E-state index in [4.69, 9.17) is 4.74 Å². The first kappa shape index (κ1) is 16.4. The predicted molar refractivity (Wildman–Crippen MR) is 81.3 cm³/mol. The van der Waals surface area contributed by atoms with Crippen LogP contribution in [0.2, 0.25) is 0 Å². The van der Waals surface area contributed by atoms with E-state index in [1.165, 1.54) is 0 Å². The van der Waals surface area contributed by atoms with Crippen molar-refractivity contribution in [2.24, 2.45) is 0 Å². The number of hydrogen-bond donors (Lipinski definition) is 2. The molecule has 1 rings (SSSR count). The van der Waals surface area contributed by atoms with Gasteiger partial charge in [0.1, 0.15) is 0 Å². The van der Waals surface area contributed by atoms with E-state index in [0.29, 0.717) is 12.1 Å². The van der Waals surface area contributed by atoms with Gasteiger partial charge in [0, 0.05) is 10.1 Å². The normalized spacial score (nSPS) is 9.70. The third-order valence-electron chi connectivity index (χ3n) is 2.20. The Labute approximate surface area is 130 Å². The molecule has 0 aliphatic carbocycles. The van der Waals surface area contributed by atoms with E-state index in [-0.39, 0.29) is 0 Å². The molecular weight excluding hydrogens is 375 g/mol. The van der Waals surface area contributed by atoms with E-state index < -0.39 is 24.5 Å². The molecule has 2 N–H and O–H groups in total. The number of hydrogen-bond acceptors (Lipinski definition) is 4. The molecule has 1 aromatic carbocycles. The largest absolute Gasteiger partial charge is 0.452 e. The van der Waals surface area contributed by atoms with E-state index in [0.717, 1.165) is 9.99 Å². The molecule has 0 aromatic heterocycles. The van der Waals surface area contributed by atoms with Crippen molar-refractivity contribution in [1.82, 2.24) is 10.6 Å². The molecule has 0 saturated heterocycles. The summed E-state index contributed by atoms with van der Waals surface area (Å²) >= 11 is 2.12. The number of esters is 1. The Morgan fingerprint density at radius 3 is 2.45 bits per heavy atom. The van der Waals surface area contributed by atoms with Crippen LogP contribution in [0.3, 0.4) is 0 Å². The van der Waals surface area contributed by atoms with Crippen molar-refractivity contribution >= 4 is 40.5 Å². The van der Waals surface area contributed by atoms with E-state index >= 15 is 0 Å². The van der Waals surface area contributed by atoms with Crippen LogP contribution in [-0.4, -0.2) is 31.1 Å². The topological polar surface area (TPSA) is 84.5 Å². The van der Waals surface area contributed by atoms with Crippen molar-refractivity contribution in [1.29, 1.82) is 0 Å². The molecule has 1 aromatic rings. The molecule has 3 amide bonds. The molecule has 108 valence electrons. The lowest BCUT2D eigenvalue weighted by molar-refractivity contribution is -0.123. The molecule has 0 aliphatic rings. The highest BCUT2D eigenvalue weighted by atomic mass is 127. The van der Waals surface area contributed by atoms with Gasteiger partial charge in [0.2, 0.25) is 0 Å². The molecule has 0 heterocycles. The van der Waals surface area contributed by atoms with Crippen molar-refractivity contribution in [3.05, 3.63) is 33.4 Å². The maximum absolute atomic E-state index is 11.6. The first-order valence-electron chi connectivity index (χ1n) is 6.03. The number of benzene rings is 1. The van der Waals surface area contributed by atoms with Crippen LogP contribution >= 0.6 is 22.6 Å². The summed E-state index contributed by atoms with van der Waals surface area (Å²) in [5, 5.41) is 4.54. The van der Waals surface area contributed by atoms with E-state index in [1.807, 2.05) is 6.92 Å². The van der Waals surface area contributed by atoms with Gasteiger partial charge in [-0.3, -0.25) is 10.1 Å². The highest BCUT2D eigenvalue weighted by Gasteiger charge is 2.11. The average molecular weight is 390 g/mol. The zero-order valence-corrected chi connectivity index (χ0v) is 13.1. The summed E-state index contributed by atoms with van der Waals surface area (Å²) in [6, 6.07) is 6.14. The molecular formula is C13H15IN2O4. The summed E-state index contributed by atoms with van der Waals surface area (Å²) in [5.41, 5.74) is 0.355. The lowest BCUT2D eigenvalue weighted by Crippen LogP contribution is -2.41. The van der Waals surface area contributed by atoms with Gasteiger partial charge < -0.3 is 10.1 Å². The minimum absolute atomic E-state index is 0.355. The van der Waals surface area contributed by atoms with Gasteiger partial charge in [0.25, 0.3) is 5.91 Å². The maximum atomic E-state index is 11.6. The minimum Gasteiger partial charge on any atom is -0.452 e. The van der Waals surface area contributed by atoms with Crippen LogP contribution in [0.5, 0.6) is 0 Å². The number of carbonyl (C=O) groups excluding carboxylic acids is 3. The average Bonchev–Trinajstić information content (AvgIpc) is 2.43. The van der Waals surface area contributed by atoms with Gasteiger partial charge in [-0.25, -0.2) is 9.59 Å². The van der Waals surface area contributed by atoms with Crippen LogP contribution in [-0.2, 0) is 9.53 Å². The summed E-state index contributed by atoms with van der Waals surface area (Å²) in [6.45, 7) is 1.87. The second-order valence-electron chi connectivity index (χ2n) is 3.89. The van der Waals surface area contributed by atoms with E-state index in [9.17, 15) is 14.4 Å². The zero-order chi connectivity index (χ0) is 15.0. The van der Waals surface area contributed by atoms with Gasteiger partial charge in [-0.2, -0.15) is 0 Å². The minimum atomic E-state index is -0.669. The summed E-state index contributed by atoms with van der Waals surface area (Å²) in [4.78, 5) is 34.1. The van der Waals surface area contributed by atoms with Gasteiger partial charge >= 0.3 is 12.0 Å². The highest BCUT2D eigenvalue weighted by Crippen LogP contribution is 2.07. The summed E-state index contributed by atoms with van der Waals surface area (Å²) in [5.74, 6) is -1.28. The number of rotatable bonds is 5.